The fourth-order valence-electron chi connectivity index (χ4n) is 3.43. The third-order valence-corrected chi connectivity index (χ3v) is 4.68. The van der Waals surface area contributed by atoms with Crippen molar-refractivity contribution < 1.29 is 14.2 Å². The lowest BCUT2D eigenvalue weighted by molar-refractivity contribution is -0.152. The van der Waals surface area contributed by atoms with E-state index in [2.05, 4.69) is 0 Å². The normalized spacial score (nSPS) is 29.3. The van der Waals surface area contributed by atoms with Gasteiger partial charge < -0.3 is 9.84 Å². The Labute approximate surface area is 107 Å². The molecule has 1 N–H and O–H groups in total. The molecule has 2 unspecified atom stereocenters. The van der Waals surface area contributed by atoms with E-state index < -0.39 is 0 Å². The van der Waals surface area contributed by atoms with E-state index >= 15 is 0 Å². The van der Waals surface area contributed by atoms with Gasteiger partial charge in [0.1, 0.15) is 17.7 Å². The summed E-state index contributed by atoms with van der Waals surface area (Å²) in [5.74, 6) is 0.517. The van der Waals surface area contributed by atoms with E-state index in [9.17, 15) is 9.50 Å². The molecule has 0 heterocycles. The Bertz CT molecular complexity index is 452. The van der Waals surface area contributed by atoms with E-state index in [0.29, 0.717) is 12.0 Å². The summed E-state index contributed by atoms with van der Waals surface area (Å²) in [7, 11) is 0. The first kappa shape index (κ1) is 12.0. The van der Waals surface area contributed by atoms with Crippen LogP contribution in [-0.4, -0.2) is 17.3 Å². The van der Waals surface area contributed by atoms with Crippen LogP contribution in [0.25, 0.3) is 0 Å². The highest BCUT2D eigenvalue weighted by atomic mass is 19.1. The summed E-state index contributed by atoms with van der Waals surface area (Å²) in [5, 5.41) is 10.0. The summed E-state index contributed by atoms with van der Waals surface area (Å²) in [6.07, 6.45) is 5.05. The zero-order valence-corrected chi connectivity index (χ0v) is 10.7. The van der Waals surface area contributed by atoms with Gasteiger partial charge in [-0.05, 0) is 43.5 Å². The van der Waals surface area contributed by atoms with Crippen LogP contribution in [0.5, 0.6) is 5.75 Å². The van der Waals surface area contributed by atoms with Gasteiger partial charge in [0, 0.05) is 11.8 Å². The molecule has 2 nitrogen and oxygen atoms in total. The summed E-state index contributed by atoms with van der Waals surface area (Å²) >= 11 is 0. The molecule has 0 aliphatic heterocycles. The van der Waals surface area contributed by atoms with E-state index in [1.165, 1.54) is 18.9 Å². The molecule has 1 spiro atoms. The Kier molecular flexibility index (Phi) is 2.81. The van der Waals surface area contributed by atoms with Crippen molar-refractivity contribution in [2.45, 2.75) is 51.2 Å². The minimum atomic E-state index is -0.216. The topological polar surface area (TPSA) is 29.5 Å². The van der Waals surface area contributed by atoms with Crippen LogP contribution in [0.2, 0.25) is 0 Å². The molecule has 0 radical (unpaired) electrons. The minimum absolute atomic E-state index is 0.0255. The summed E-state index contributed by atoms with van der Waals surface area (Å²) in [5.41, 5.74) is 0.579. The molecule has 2 aliphatic rings. The number of aliphatic hydroxyl groups excluding tert-OH is 1. The first-order valence-electron chi connectivity index (χ1n) is 6.73. The minimum Gasteiger partial charge on any atom is -0.490 e. The Morgan fingerprint density at radius 2 is 2.06 bits per heavy atom. The fraction of sp³-hybridized carbons (Fsp3) is 0.600. The number of hydrogen-bond donors (Lipinski definition) is 1. The number of aliphatic hydroxyl groups is 1. The van der Waals surface area contributed by atoms with Gasteiger partial charge in [0.05, 0.1) is 6.10 Å². The predicted octanol–water partition coefficient (Wildman–Crippen LogP) is 3.21. The van der Waals surface area contributed by atoms with Crippen LogP contribution in [-0.2, 0) is 0 Å². The van der Waals surface area contributed by atoms with Crippen molar-refractivity contribution in [1.29, 1.82) is 0 Å². The Morgan fingerprint density at radius 3 is 2.67 bits per heavy atom. The maximum atomic E-state index is 13.2. The van der Waals surface area contributed by atoms with E-state index in [-0.39, 0.29) is 23.4 Å². The zero-order chi connectivity index (χ0) is 12.8. The van der Waals surface area contributed by atoms with Crippen LogP contribution >= 0.6 is 0 Å². The molecular formula is C15H19FO2. The van der Waals surface area contributed by atoms with Crippen LogP contribution in [0.3, 0.4) is 0 Å². The third kappa shape index (κ3) is 1.72. The molecule has 1 aromatic rings. The number of hydrogen-bond acceptors (Lipinski definition) is 2. The van der Waals surface area contributed by atoms with Gasteiger partial charge in [-0.15, -0.1) is 0 Å². The molecule has 1 aromatic carbocycles. The maximum absolute atomic E-state index is 13.2. The first-order chi connectivity index (χ1) is 8.62. The molecule has 2 aliphatic carbocycles. The highest BCUT2D eigenvalue weighted by Gasteiger charge is 2.57. The lowest BCUT2D eigenvalue weighted by Crippen LogP contribution is -2.58. The first-order valence-corrected chi connectivity index (χ1v) is 6.73. The molecular weight excluding hydrogens is 231 g/mol. The quantitative estimate of drug-likeness (QED) is 0.873. The van der Waals surface area contributed by atoms with Crippen LogP contribution < -0.4 is 4.74 Å². The van der Waals surface area contributed by atoms with E-state index in [4.69, 9.17) is 4.74 Å². The second kappa shape index (κ2) is 4.23. The molecule has 3 rings (SSSR count). The van der Waals surface area contributed by atoms with Gasteiger partial charge in [-0.2, -0.15) is 0 Å². The smallest absolute Gasteiger partial charge is 0.126 e. The predicted molar refractivity (Wildman–Crippen MR) is 67.1 cm³/mol. The molecule has 2 saturated carbocycles. The molecule has 2 atom stereocenters. The molecule has 2 fully saturated rings. The van der Waals surface area contributed by atoms with E-state index in [1.807, 2.05) is 0 Å². The summed E-state index contributed by atoms with van der Waals surface area (Å²) in [6.45, 7) is 1.74. The highest BCUT2D eigenvalue weighted by Crippen LogP contribution is 2.54. The van der Waals surface area contributed by atoms with Crippen molar-refractivity contribution in [3.05, 3.63) is 29.6 Å². The lowest BCUT2D eigenvalue weighted by atomic mass is 9.62. The zero-order valence-electron chi connectivity index (χ0n) is 10.7. The van der Waals surface area contributed by atoms with Crippen LogP contribution in [0.4, 0.5) is 4.39 Å². The molecule has 98 valence electrons. The van der Waals surface area contributed by atoms with Gasteiger partial charge in [0.15, 0.2) is 0 Å². The number of benzene rings is 1. The van der Waals surface area contributed by atoms with Gasteiger partial charge in [-0.3, -0.25) is 0 Å². The van der Waals surface area contributed by atoms with Crippen LogP contribution in [0, 0.1) is 18.2 Å². The summed E-state index contributed by atoms with van der Waals surface area (Å²) < 4.78 is 19.2. The Hall–Kier alpha value is -1.09. The fourth-order valence-corrected chi connectivity index (χ4v) is 3.43. The van der Waals surface area contributed by atoms with Gasteiger partial charge in [-0.25, -0.2) is 4.39 Å². The Morgan fingerprint density at radius 1 is 1.33 bits per heavy atom. The number of aryl methyl sites for hydroxylation is 1. The second-order valence-corrected chi connectivity index (χ2v) is 5.71. The summed E-state index contributed by atoms with van der Waals surface area (Å²) in [4.78, 5) is 0. The number of rotatable bonds is 2. The third-order valence-electron chi connectivity index (χ3n) is 4.68. The molecule has 0 aromatic heterocycles. The molecule has 0 bridgehead atoms. The van der Waals surface area contributed by atoms with Crippen molar-refractivity contribution in [2.75, 3.05) is 0 Å². The standard InChI is InChI=1S/C15H19FO2/c1-10-8-11(4-5-12(10)16)18-14-9-13(17)15(14)6-2-3-7-15/h4-5,8,13-14,17H,2-3,6-7,9H2,1H3. The average molecular weight is 250 g/mol. The van der Waals surface area contributed by atoms with E-state index in [1.54, 1.807) is 19.1 Å². The van der Waals surface area contributed by atoms with Crippen molar-refractivity contribution in [2.24, 2.45) is 5.41 Å². The van der Waals surface area contributed by atoms with Gasteiger partial charge in [0.2, 0.25) is 0 Å². The lowest BCUT2D eigenvalue weighted by Gasteiger charge is -2.51. The van der Waals surface area contributed by atoms with Crippen LogP contribution in [0.1, 0.15) is 37.7 Å². The van der Waals surface area contributed by atoms with Gasteiger partial charge in [0.25, 0.3) is 0 Å². The Balaban J connectivity index is 1.75. The molecule has 0 amide bonds. The summed E-state index contributed by atoms with van der Waals surface area (Å²) in [6, 6.07) is 4.86. The second-order valence-electron chi connectivity index (χ2n) is 5.71. The SMILES string of the molecule is Cc1cc(OC2CC(O)C23CCCC3)ccc1F. The highest BCUT2D eigenvalue weighted by molar-refractivity contribution is 5.29. The van der Waals surface area contributed by atoms with Crippen molar-refractivity contribution in [3.63, 3.8) is 0 Å². The molecule has 0 saturated heterocycles. The largest absolute Gasteiger partial charge is 0.490 e. The molecule has 3 heteroatoms. The van der Waals surface area contributed by atoms with Gasteiger partial charge in [-0.1, -0.05) is 12.8 Å². The number of ether oxygens (including phenoxy) is 1. The van der Waals surface area contributed by atoms with Crippen LogP contribution in [0.15, 0.2) is 18.2 Å². The van der Waals surface area contributed by atoms with Crippen molar-refractivity contribution in [3.8, 4) is 5.75 Å². The van der Waals surface area contributed by atoms with Gasteiger partial charge >= 0.3 is 0 Å². The van der Waals surface area contributed by atoms with Crippen molar-refractivity contribution in [1.82, 2.24) is 0 Å². The number of halogens is 1. The monoisotopic (exact) mass is 250 g/mol. The van der Waals surface area contributed by atoms with Crippen molar-refractivity contribution >= 4 is 0 Å². The maximum Gasteiger partial charge on any atom is 0.126 e. The van der Waals surface area contributed by atoms with E-state index in [0.717, 1.165) is 18.6 Å². The average Bonchev–Trinajstić information content (AvgIpc) is 2.85. The molecule has 18 heavy (non-hydrogen) atoms.